The van der Waals surface area contributed by atoms with Crippen molar-refractivity contribution in [3.8, 4) is 0 Å². The van der Waals surface area contributed by atoms with Gasteiger partial charge in [-0.25, -0.2) is 0 Å². The molecule has 0 bridgehead atoms. The van der Waals surface area contributed by atoms with Crippen LogP contribution in [-0.2, 0) is 0 Å². The van der Waals surface area contributed by atoms with Crippen molar-refractivity contribution in [1.82, 2.24) is 5.32 Å². The molecular weight excluding hydrogens is 250 g/mol. The lowest BCUT2D eigenvalue weighted by Gasteiger charge is -2.28. The maximum absolute atomic E-state index is 3.83. The fourth-order valence-corrected chi connectivity index (χ4v) is 11.3. The SMILES string of the molecule is CC(C)=C[SiH](CCNC1CCCCC1)[Si](C)(C)C. The summed E-state index contributed by atoms with van der Waals surface area (Å²) in [6.45, 7) is 13.5. The Kier molecular flexibility index (Phi) is 6.89. The lowest BCUT2D eigenvalue weighted by molar-refractivity contribution is 0.380. The highest BCUT2D eigenvalue weighted by molar-refractivity contribution is 7.33. The molecule has 0 aromatic carbocycles. The molecule has 1 atom stereocenters. The predicted octanol–water partition coefficient (Wildman–Crippen LogP) is 4.06. The summed E-state index contributed by atoms with van der Waals surface area (Å²) in [7, 11) is -1.55. The fourth-order valence-electron chi connectivity index (χ4n) is 2.92. The summed E-state index contributed by atoms with van der Waals surface area (Å²) in [5.74, 6) is 0. The van der Waals surface area contributed by atoms with E-state index in [2.05, 4.69) is 44.5 Å². The zero-order chi connectivity index (χ0) is 13.6. The predicted molar refractivity (Wildman–Crippen MR) is 89.6 cm³/mol. The van der Waals surface area contributed by atoms with Gasteiger partial charge in [-0.3, -0.25) is 0 Å². The average Bonchev–Trinajstić information content (AvgIpc) is 2.27. The topological polar surface area (TPSA) is 12.0 Å². The molecule has 0 aromatic rings. The van der Waals surface area contributed by atoms with Crippen molar-refractivity contribution < 1.29 is 0 Å². The molecule has 1 aliphatic rings. The first-order valence-electron chi connectivity index (χ1n) is 7.78. The van der Waals surface area contributed by atoms with Gasteiger partial charge in [0, 0.05) is 13.6 Å². The standard InChI is InChI=1S/C15H33NSi2/c1-14(2)13-17(18(3,4)5)12-11-16-15-9-7-6-8-10-15/h13,15-17H,6-12H2,1-5H3. The van der Waals surface area contributed by atoms with Gasteiger partial charge in [0.1, 0.15) is 0 Å². The quantitative estimate of drug-likeness (QED) is 0.725. The van der Waals surface area contributed by atoms with E-state index in [0.29, 0.717) is 0 Å². The van der Waals surface area contributed by atoms with Gasteiger partial charge in [0.15, 0.2) is 0 Å². The van der Waals surface area contributed by atoms with Gasteiger partial charge in [-0.1, -0.05) is 44.5 Å². The van der Waals surface area contributed by atoms with Crippen molar-refractivity contribution >= 4 is 15.9 Å². The molecule has 3 heteroatoms. The van der Waals surface area contributed by atoms with E-state index in [9.17, 15) is 0 Å². The molecule has 1 aliphatic carbocycles. The van der Waals surface area contributed by atoms with E-state index in [1.165, 1.54) is 44.7 Å². The molecule has 0 aromatic heterocycles. The Bertz CT molecular complexity index is 258. The highest BCUT2D eigenvalue weighted by Gasteiger charge is 2.26. The maximum Gasteiger partial charge on any atom is 0.0564 e. The smallest absolute Gasteiger partial charge is 0.0564 e. The normalized spacial score (nSPS) is 19.6. The summed E-state index contributed by atoms with van der Waals surface area (Å²) in [5.41, 5.74) is 4.21. The van der Waals surface area contributed by atoms with Gasteiger partial charge in [0.2, 0.25) is 0 Å². The number of hydrogen-bond acceptors (Lipinski definition) is 1. The van der Waals surface area contributed by atoms with Crippen molar-refractivity contribution in [3.05, 3.63) is 11.3 Å². The molecule has 0 radical (unpaired) electrons. The Balaban J connectivity index is 2.35. The fraction of sp³-hybridized carbons (Fsp3) is 0.867. The highest BCUT2D eigenvalue weighted by atomic mass is 29.2. The van der Waals surface area contributed by atoms with Crippen LogP contribution in [0.4, 0.5) is 0 Å². The summed E-state index contributed by atoms with van der Waals surface area (Å²) >= 11 is 0. The second-order valence-electron chi connectivity index (χ2n) is 7.29. The number of nitrogens with one attached hydrogen (secondary N) is 1. The van der Waals surface area contributed by atoms with E-state index in [4.69, 9.17) is 0 Å². The third-order valence-corrected chi connectivity index (χ3v) is 16.4. The zero-order valence-electron chi connectivity index (χ0n) is 13.2. The molecule has 1 fully saturated rings. The summed E-state index contributed by atoms with van der Waals surface area (Å²) in [6.07, 6.45) is 7.19. The minimum atomic E-state index is -0.914. The Morgan fingerprint density at radius 2 is 1.78 bits per heavy atom. The molecule has 1 rings (SSSR count). The molecule has 1 nitrogen and oxygen atoms in total. The van der Waals surface area contributed by atoms with Crippen LogP contribution in [0.3, 0.4) is 0 Å². The molecule has 0 aliphatic heterocycles. The lowest BCUT2D eigenvalue weighted by Crippen LogP contribution is -2.44. The van der Waals surface area contributed by atoms with Gasteiger partial charge in [0.05, 0.1) is 8.31 Å². The van der Waals surface area contributed by atoms with Crippen LogP contribution >= 0.6 is 0 Å². The van der Waals surface area contributed by atoms with Gasteiger partial charge < -0.3 is 5.32 Å². The van der Waals surface area contributed by atoms with Crippen molar-refractivity contribution in [2.75, 3.05) is 6.54 Å². The van der Waals surface area contributed by atoms with Crippen LogP contribution in [0.15, 0.2) is 11.3 Å². The van der Waals surface area contributed by atoms with Crippen LogP contribution in [0.2, 0.25) is 25.7 Å². The monoisotopic (exact) mass is 283 g/mol. The zero-order valence-corrected chi connectivity index (χ0v) is 15.3. The molecule has 1 N–H and O–H groups in total. The molecule has 0 saturated heterocycles. The van der Waals surface area contributed by atoms with Gasteiger partial charge >= 0.3 is 0 Å². The van der Waals surface area contributed by atoms with Gasteiger partial charge in [-0.05, 0) is 39.3 Å². The van der Waals surface area contributed by atoms with Crippen LogP contribution in [0, 0.1) is 0 Å². The van der Waals surface area contributed by atoms with Crippen LogP contribution in [0.1, 0.15) is 46.0 Å². The Hall–Kier alpha value is 0.134. The highest BCUT2D eigenvalue weighted by Crippen LogP contribution is 2.18. The molecule has 0 amide bonds. The third kappa shape index (κ3) is 6.34. The van der Waals surface area contributed by atoms with Gasteiger partial charge in [0.25, 0.3) is 0 Å². The number of allylic oxidation sites excluding steroid dienone is 1. The molecule has 0 spiro atoms. The minimum Gasteiger partial charge on any atom is -0.314 e. The van der Waals surface area contributed by atoms with Crippen LogP contribution in [0.5, 0.6) is 0 Å². The van der Waals surface area contributed by atoms with Gasteiger partial charge in [-0.15, -0.1) is 5.70 Å². The second kappa shape index (κ2) is 7.66. The molecule has 0 heterocycles. The molecular formula is C15H33NSi2. The van der Waals surface area contributed by atoms with E-state index in [1.807, 2.05) is 0 Å². The molecule has 18 heavy (non-hydrogen) atoms. The molecule has 106 valence electrons. The summed E-state index contributed by atoms with van der Waals surface area (Å²) < 4.78 is 0. The minimum absolute atomic E-state index is 0.637. The first-order valence-corrected chi connectivity index (χ1v) is 14.6. The Labute approximate surface area is 117 Å². The van der Waals surface area contributed by atoms with Crippen molar-refractivity contribution in [2.45, 2.75) is 77.7 Å². The van der Waals surface area contributed by atoms with Crippen LogP contribution < -0.4 is 5.32 Å². The van der Waals surface area contributed by atoms with E-state index in [1.54, 1.807) is 5.57 Å². The summed E-state index contributed by atoms with van der Waals surface area (Å²) in [5, 5.41) is 3.83. The maximum atomic E-state index is 3.83. The van der Waals surface area contributed by atoms with E-state index in [0.717, 1.165) is 6.04 Å². The summed E-state index contributed by atoms with van der Waals surface area (Å²) in [6, 6.07) is 2.30. The number of hydrogen-bond donors (Lipinski definition) is 1. The summed E-state index contributed by atoms with van der Waals surface area (Å²) in [4.78, 5) is 0. The Morgan fingerprint density at radius 3 is 2.28 bits per heavy atom. The average molecular weight is 284 g/mol. The van der Waals surface area contributed by atoms with E-state index < -0.39 is 15.9 Å². The largest absolute Gasteiger partial charge is 0.314 e. The lowest BCUT2D eigenvalue weighted by atomic mass is 9.96. The second-order valence-corrected chi connectivity index (χ2v) is 21.6. The first-order chi connectivity index (χ1) is 8.39. The van der Waals surface area contributed by atoms with Crippen LogP contribution in [0.25, 0.3) is 0 Å². The molecule has 1 saturated carbocycles. The third-order valence-electron chi connectivity index (χ3n) is 4.14. The van der Waals surface area contributed by atoms with Crippen molar-refractivity contribution in [1.29, 1.82) is 0 Å². The Morgan fingerprint density at radius 1 is 1.17 bits per heavy atom. The van der Waals surface area contributed by atoms with Crippen LogP contribution in [-0.4, -0.2) is 28.5 Å². The van der Waals surface area contributed by atoms with Gasteiger partial charge in [-0.2, -0.15) is 0 Å². The van der Waals surface area contributed by atoms with E-state index >= 15 is 0 Å². The van der Waals surface area contributed by atoms with Crippen molar-refractivity contribution in [3.63, 3.8) is 0 Å². The first kappa shape index (κ1) is 16.2. The molecule has 1 unspecified atom stereocenters. The van der Waals surface area contributed by atoms with Crippen molar-refractivity contribution in [2.24, 2.45) is 0 Å². The van der Waals surface area contributed by atoms with E-state index in [-0.39, 0.29) is 0 Å². The number of rotatable bonds is 6.